The molecule has 4 aromatic rings. The number of hydrogen-bond acceptors (Lipinski definition) is 4. The molecule has 2 heterocycles. The summed E-state index contributed by atoms with van der Waals surface area (Å²) in [6, 6.07) is 13.5. The summed E-state index contributed by atoms with van der Waals surface area (Å²) < 4.78 is 7.51. The van der Waals surface area contributed by atoms with Gasteiger partial charge >= 0.3 is 0 Å². The molecule has 6 heteroatoms. The number of aromatic amines is 1. The van der Waals surface area contributed by atoms with E-state index in [9.17, 15) is 4.79 Å². The fourth-order valence-corrected chi connectivity index (χ4v) is 3.63. The van der Waals surface area contributed by atoms with Crippen molar-refractivity contribution >= 4 is 21.9 Å². The first-order chi connectivity index (χ1) is 13.1. The molecule has 4 rings (SSSR count). The Bertz CT molecular complexity index is 1190. The van der Waals surface area contributed by atoms with Crippen molar-refractivity contribution in [1.82, 2.24) is 14.5 Å². The quantitative estimate of drug-likeness (QED) is 0.571. The molecule has 0 aliphatic rings. The van der Waals surface area contributed by atoms with Crippen LogP contribution in [0.5, 0.6) is 5.75 Å². The number of nitrogens with zero attached hydrogens (tertiary/aromatic N) is 2. The molecule has 0 aliphatic carbocycles. The van der Waals surface area contributed by atoms with E-state index < -0.39 is 0 Å². The lowest BCUT2D eigenvalue weighted by Gasteiger charge is -2.08. The smallest absolute Gasteiger partial charge is 0.275 e. The number of H-pyrrole nitrogens is 1. The highest BCUT2D eigenvalue weighted by Gasteiger charge is 2.19. The van der Waals surface area contributed by atoms with E-state index in [4.69, 9.17) is 15.5 Å². The number of aryl methyl sites for hydroxylation is 1. The van der Waals surface area contributed by atoms with Crippen LogP contribution in [0.25, 0.3) is 33.2 Å². The second kappa shape index (κ2) is 6.89. The number of rotatable bonds is 5. The van der Waals surface area contributed by atoms with Gasteiger partial charge in [0.05, 0.1) is 18.1 Å². The van der Waals surface area contributed by atoms with Crippen molar-refractivity contribution < 1.29 is 4.74 Å². The Hall–Kier alpha value is -3.12. The average Bonchev–Trinajstić information content (AvgIpc) is 2.96. The van der Waals surface area contributed by atoms with Gasteiger partial charge in [0.2, 0.25) is 0 Å². The van der Waals surface area contributed by atoms with E-state index in [2.05, 4.69) is 15.6 Å². The van der Waals surface area contributed by atoms with Crippen LogP contribution in [0.4, 0.5) is 0 Å². The molecule has 3 N–H and O–H groups in total. The Balaban J connectivity index is 2.00. The highest BCUT2D eigenvalue weighted by atomic mass is 16.5. The predicted molar refractivity (Wildman–Crippen MR) is 108 cm³/mol. The van der Waals surface area contributed by atoms with Gasteiger partial charge < -0.3 is 20.0 Å². The molecule has 2 aromatic heterocycles. The lowest BCUT2D eigenvalue weighted by molar-refractivity contribution is 0.415. The predicted octanol–water partition coefficient (Wildman–Crippen LogP) is 3.21. The first-order valence-corrected chi connectivity index (χ1v) is 9.00. The molecule has 0 spiro atoms. The van der Waals surface area contributed by atoms with E-state index in [1.54, 1.807) is 7.11 Å². The SMILES string of the molecule is COc1ccc2[nH]c(=O)c(-c3c(C)n(CCCN)c4ccccc34)nc2c1. The van der Waals surface area contributed by atoms with Crippen LogP contribution in [0.2, 0.25) is 0 Å². The van der Waals surface area contributed by atoms with Crippen molar-refractivity contribution in [3.63, 3.8) is 0 Å². The van der Waals surface area contributed by atoms with Crippen LogP contribution in [0.15, 0.2) is 47.3 Å². The lowest BCUT2D eigenvalue weighted by atomic mass is 10.1. The number of nitrogens with one attached hydrogen (secondary N) is 1. The van der Waals surface area contributed by atoms with Crippen molar-refractivity contribution in [2.45, 2.75) is 19.9 Å². The Morgan fingerprint density at radius 1 is 1.22 bits per heavy atom. The van der Waals surface area contributed by atoms with Crippen molar-refractivity contribution in [2.24, 2.45) is 5.73 Å². The van der Waals surface area contributed by atoms with Crippen LogP contribution in [-0.2, 0) is 6.54 Å². The third-order valence-electron chi connectivity index (χ3n) is 4.95. The molecule has 0 fully saturated rings. The molecule has 0 saturated carbocycles. The molecule has 0 aliphatic heterocycles. The number of fused-ring (bicyclic) bond motifs is 2. The highest BCUT2D eigenvalue weighted by Crippen LogP contribution is 2.33. The van der Waals surface area contributed by atoms with Gasteiger partial charge in [-0.25, -0.2) is 4.98 Å². The Morgan fingerprint density at radius 2 is 2.04 bits per heavy atom. The zero-order chi connectivity index (χ0) is 19.0. The zero-order valence-electron chi connectivity index (χ0n) is 15.5. The minimum absolute atomic E-state index is 0.197. The first-order valence-electron chi connectivity index (χ1n) is 9.00. The van der Waals surface area contributed by atoms with E-state index in [-0.39, 0.29) is 5.56 Å². The van der Waals surface area contributed by atoms with Crippen LogP contribution in [0, 0.1) is 6.92 Å². The summed E-state index contributed by atoms with van der Waals surface area (Å²) in [5.41, 5.74) is 10.3. The van der Waals surface area contributed by atoms with Crippen LogP contribution in [0.3, 0.4) is 0 Å². The Labute approximate surface area is 156 Å². The summed E-state index contributed by atoms with van der Waals surface area (Å²) in [6.07, 6.45) is 0.873. The third kappa shape index (κ3) is 2.88. The summed E-state index contributed by atoms with van der Waals surface area (Å²) in [6.45, 7) is 3.46. The van der Waals surface area contributed by atoms with Crippen LogP contribution in [0.1, 0.15) is 12.1 Å². The standard InChI is InChI=1S/C21H22N4O2/c1-13-19(15-6-3-4-7-18(15)25(13)11-5-10-22)20-21(26)24-16-9-8-14(27-2)12-17(16)23-20/h3-4,6-9,12H,5,10-11,22H2,1-2H3,(H,24,26). The van der Waals surface area contributed by atoms with Gasteiger partial charge in [-0.1, -0.05) is 18.2 Å². The number of methoxy groups -OCH3 is 1. The number of ether oxygens (including phenoxy) is 1. The summed E-state index contributed by atoms with van der Waals surface area (Å²) >= 11 is 0. The highest BCUT2D eigenvalue weighted by molar-refractivity contribution is 5.97. The van der Waals surface area contributed by atoms with Crippen LogP contribution >= 0.6 is 0 Å². The summed E-state index contributed by atoms with van der Waals surface area (Å²) in [7, 11) is 1.61. The van der Waals surface area contributed by atoms with E-state index in [1.165, 1.54) is 0 Å². The van der Waals surface area contributed by atoms with Crippen molar-refractivity contribution in [3.05, 3.63) is 58.5 Å². The number of aromatic nitrogens is 3. The first kappa shape index (κ1) is 17.3. The van der Waals surface area contributed by atoms with E-state index >= 15 is 0 Å². The number of hydrogen-bond donors (Lipinski definition) is 2. The van der Waals surface area contributed by atoms with Crippen LogP contribution in [-0.4, -0.2) is 28.2 Å². The maximum Gasteiger partial charge on any atom is 0.275 e. The molecule has 0 saturated heterocycles. The maximum absolute atomic E-state index is 12.8. The largest absolute Gasteiger partial charge is 0.497 e. The van der Waals surface area contributed by atoms with Crippen molar-refractivity contribution in [2.75, 3.05) is 13.7 Å². The van der Waals surface area contributed by atoms with Gasteiger partial charge in [-0.2, -0.15) is 0 Å². The minimum atomic E-state index is -0.197. The van der Waals surface area contributed by atoms with Gasteiger partial charge in [-0.3, -0.25) is 4.79 Å². The van der Waals surface area contributed by atoms with E-state index in [1.807, 2.05) is 43.3 Å². The molecule has 6 nitrogen and oxygen atoms in total. The zero-order valence-corrected chi connectivity index (χ0v) is 15.5. The molecule has 2 aromatic carbocycles. The average molecular weight is 362 g/mol. The molecule has 0 amide bonds. The van der Waals surface area contributed by atoms with Gasteiger partial charge in [0.15, 0.2) is 0 Å². The van der Waals surface area contributed by atoms with Crippen molar-refractivity contribution in [1.29, 1.82) is 0 Å². The number of para-hydroxylation sites is 1. The van der Waals surface area contributed by atoms with Crippen molar-refractivity contribution in [3.8, 4) is 17.0 Å². The maximum atomic E-state index is 12.8. The van der Waals surface area contributed by atoms with Crippen LogP contribution < -0.4 is 16.0 Å². The second-order valence-electron chi connectivity index (χ2n) is 6.57. The Kier molecular flexibility index (Phi) is 4.41. The summed E-state index contributed by atoms with van der Waals surface area (Å²) in [5.74, 6) is 0.704. The normalized spacial score (nSPS) is 11.4. The van der Waals surface area contributed by atoms with Gasteiger partial charge in [0.1, 0.15) is 11.4 Å². The summed E-state index contributed by atoms with van der Waals surface area (Å²) in [4.78, 5) is 20.5. The second-order valence-corrected chi connectivity index (χ2v) is 6.57. The molecule has 0 atom stereocenters. The van der Waals surface area contributed by atoms with Gasteiger partial charge in [0.25, 0.3) is 5.56 Å². The van der Waals surface area contributed by atoms with Gasteiger partial charge in [0, 0.05) is 34.8 Å². The fourth-order valence-electron chi connectivity index (χ4n) is 3.63. The van der Waals surface area contributed by atoms with E-state index in [0.717, 1.165) is 35.1 Å². The monoisotopic (exact) mass is 362 g/mol. The fraction of sp³-hybridized carbons (Fsp3) is 0.238. The molecule has 27 heavy (non-hydrogen) atoms. The van der Waals surface area contributed by atoms with E-state index in [0.29, 0.717) is 29.0 Å². The number of benzene rings is 2. The molecule has 0 bridgehead atoms. The topological polar surface area (TPSA) is 85.9 Å². The number of nitrogens with two attached hydrogens (primary N) is 1. The molecule has 138 valence electrons. The molecule has 0 unspecified atom stereocenters. The summed E-state index contributed by atoms with van der Waals surface area (Å²) in [5, 5.41) is 1.02. The Morgan fingerprint density at radius 3 is 2.81 bits per heavy atom. The minimum Gasteiger partial charge on any atom is -0.497 e. The third-order valence-corrected chi connectivity index (χ3v) is 4.95. The molecule has 0 radical (unpaired) electrons. The lowest BCUT2D eigenvalue weighted by Crippen LogP contribution is -2.12. The molecular formula is C21H22N4O2. The molecular weight excluding hydrogens is 340 g/mol. The van der Waals surface area contributed by atoms with Gasteiger partial charge in [-0.05, 0) is 38.1 Å². The van der Waals surface area contributed by atoms with Gasteiger partial charge in [-0.15, -0.1) is 0 Å².